The molecule has 0 amide bonds. The van der Waals surface area contributed by atoms with Crippen molar-refractivity contribution in [1.82, 2.24) is 23.6 Å². The van der Waals surface area contributed by atoms with E-state index in [0.717, 1.165) is 24.4 Å². The Hall–Kier alpha value is -1.55. The van der Waals surface area contributed by atoms with Crippen LogP contribution in [-0.4, -0.2) is 64.4 Å². The van der Waals surface area contributed by atoms with Crippen molar-refractivity contribution in [2.24, 2.45) is 0 Å². The largest absolute Gasteiger partial charge is 0.282 e. The molecule has 26 heavy (non-hydrogen) atoms. The second kappa shape index (κ2) is 6.88. The summed E-state index contributed by atoms with van der Waals surface area (Å²) in [5, 5.41) is 4.81. The Kier molecular flexibility index (Phi) is 4.72. The van der Waals surface area contributed by atoms with Gasteiger partial charge in [0.25, 0.3) is 0 Å². The van der Waals surface area contributed by atoms with Gasteiger partial charge in [-0.05, 0) is 37.2 Å². The van der Waals surface area contributed by atoms with Gasteiger partial charge in [-0.25, -0.2) is 13.1 Å². The van der Waals surface area contributed by atoms with Gasteiger partial charge in [0.1, 0.15) is 5.82 Å². The van der Waals surface area contributed by atoms with Crippen LogP contribution in [0.25, 0.3) is 5.69 Å². The first-order valence-corrected chi connectivity index (χ1v) is 11.1. The van der Waals surface area contributed by atoms with Crippen LogP contribution < -0.4 is 0 Å². The van der Waals surface area contributed by atoms with Crippen molar-refractivity contribution in [3.05, 3.63) is 40.9 Å². The van der Waals surface area contributed by atoms with Gasteiger partial charge in [0.05, 0.1) is 12.9 Å². The van der Waals surface area contributed by atoms with Crippen molar-refractivity contribution in [1.29, 1.82) is 0 Å². The lowest BCUT2D eigenvalue weighted by Crippen LogP contribution is -2.48. The van der Waals surface area contributed by atoms with Gasteiger partial charge in [-0.15, -0.1) is 0 Å². The molecule has 0 radical (unpaired) electrons. The smallest absolute Gasteiger partial charge is 0.211 e. The van der Waals surface area contributed by atoms with E-state index in [0.29, 0.717) is 43.5 Å². The zero-order chi connectivity index (χ0) is 18.3. The van der Waals surface area contributed by atoms with Crippen molar-refractivity contribution in [2.45, 2.75) is 25.4 Å². The number of aromatic nitrogens is 3. The molecule has 0 atom stereocenters. The fourth-order valence-electron chi connectivity index (χ4n) is 3.33. The van der Waals surface area contributed by atoms with Gasteiger partial charge in [-0.3, -0.25) is 9.47 Å². The number of hydrogen-bond donors (Lipinski definition) is 0. The zero-order valence-electron chi connectivity index (χ0n) is 14.8. The second-order valence-electron chi connectivity index (χ2n) is 7.01. The molecule has 0 N–H and O–H groups in total. The molecule has 1 saturated carbocycles. The maximum atomic E-state index is 11.7. The molecule has 4 rings (SSSR count). The Balaban J connectivity index is 1.56. The first kappa shape index (κ1) is 17.8. The average Bonchev–Trinajstić information content (AvgIpc) is 3.41. The van der Waals surface area contributed by atoms with Crippen molar-refractivity contribution in [2.75, 3.05) is 32.4 Å². The summed E-state index contributed by atoms with van der Waals surface area (Å²) in [5.41, 5.74) is 1.05. The Morgan fingerprint density at radius 1 is 1.12 bits per heavy atom. The molecule has 1 aromatic carbocycles. The van der Waals surface area contributed by atoms with Gasteiger partial charge in [0.2, 0.25) is 14.8 Å². The van der Waals surface area contributed by atoms with Crippen LogP contribution in [0.4, 0.5) is 0 Å². The molecule has 2 fully saturated rings. The Bertz CT molecular complexity index is 939. The first-order chi connectivity index (χ1) is 12.4. The minimum Gasteiger partial charge on any atom is -0.282 e. The number of benzene rings is 1. The van der Waals surface area contributed by atoms with Gasteiger partial charge in [0, 0.05) is 37.8 Å². The quantitative estimate of drug-likeness (QED) is 0.725. The minimum atomic E-state index is -3.11. The molecule has 1 aliphatic heterocycles. The Labute approximate surface area is 158 Å². The molecule has 2 heterocycles. The van der Waals surface area contributed by atoms with Gasteiger partial charge in [0.15, 0.2) is 0 Å². The van der Waals surface area contributed by atoms with E-state index < -0.39 is 10.0 Å². The molecule has 1 aliphatic carbocycles. The van der Waals surface area contributed by atoms with Gasteiger partial charge < -0.3 is 0 Å². The molecule has 7 nitrogen and oxygen atoms in total. The molecule has 1 saturated heterocycles. The van der Waals surface area contributed by atoms with E-state index in [1.165, 1.54) is 10.6 Å². The van der Waals surface area contributed by atoms with E-state index in [2.05, 4.69) is 21.6 Å². The minimum absolute atomic E-state index is 0.486. The van der Waals surface area contributed by atoms with Crippen molar-refractivity contribution in [3.63, 3.8) is 0 Å². The average molecular weight is 394 g/mol. The standard InChI is InChI=1S/C17H23N5O2S2/c1-26(23,24)20-11-9-19(10-12-20)13-21-17(25)22(15-5-3-2-4-6-15)16(18-21)14-7-8-14/h2-6,14H,7-13H2,1H3. The highest BCUT2D eigenvalue weighted by Gasteiger charge is 2.31. The predicted octanol–water partition coefficient (Wildman–Crippen LogP) is 1.82. The van der Waals surface area contributed by atoms with Gasteiger partial charge in [-0.1, -0.05) is 18.2 Å². The van der Waals surface area contributed by atoms with E-state index in [4.69, 9.17) is 17.3 Å². The topological polar surface area (TPSA) is 63.4 Å². The first-order valence-electron chi connectivity index (χ1n) is 8.86. The van der Waals surface area contributed by atoms with E-state index in [-0.39, 0.29) is 0 Å². The highest BCUT2D eigenvalue weighted by atomic mass is 32.2. The number of hydrogen-bond acceptors (Lipinski definition) is 5. The third kappa shape index (κ3) is 3.62. The van der Waals surface area contributed by atoms with Crippen LogP contribution >= 0.6 is 12.2 Å². The van der Waals surface area contributed by atoms with Gasteiger partial charge >= 0.3 is 0 Å². The highest BCUT2D eigenvalue weighted by molar-refractivity contribution is 7.88. The number of rotatable bonds is 5. The zero-order valence-corrected chi connectivity index (χ0v) is 16.4. The lowest BCUT2D eigenvalue weighted by atomic mass is 10.3. The van der Waals surface area contributed by atoms with E-state index in [9.17, 15) is 8.42 Å². The normalized spacial score (nSPS) is 19.7. The third-order valence-corrected chi connectivity index (χ3v) is 6.65. The summed E-state index contributed by atoms with van der Waals surface area (Å²) in [5.74, 6) is 1.52. The van der Waals surface area contributed by atoms with Crippen LogP contribution in [0.15, 0.2) is 30.3 Å². The number of nitrogens with zero attached hydrogens (tertiary/aromatic N) is 5. The number of piperazine rings is 1. The number of para-hydroxylation sites is 1. The summed E-state index contributed by atoms with van der Waals surface area (Å²) in [6.45, 7) is 3.00. The summed E-state index contributed by atoms with van der Waals surface area (Å²) in [6, 6.07) is 10.1. The molecule has 140 valence electrons. The summed E-state index contributed by atoms with van der Waals surface area (Å²) < 4.78 is 29.5. The van der Waals surface area contributed by atoms with Gasteiger partial charge in [-0.2, -0.15) is 9.40 Å². The maximum Gasteiger partial charge on any atom is 0.211 e. The van der Waals surface area contributed by atoms with Crippen molar-refractivity contribution in [3.8, 4) is 5.69 Å². The highest BCUT2D eigenvalue weighted by Crippen LogP contribution is 2.40. The Morgan fingerprint density at radius 2 is 1.77 bits per heavy atom. The molecule has 0 bridgehead atoms. The van der Waals surface area contributed by atoms with E-state index in [1.54, 1.807) is 0 Å². The van der Waals surface area contributed by atoms with Crippen LogP contribution in [0, 0.1) is 4.77 Å². The monoisotopic (exact) mass is 393 g/mol. The molecule has 0 unspecified atom stereocenters. The molecule has 2 aliphatic rings. The SMILES string of the molecule is CS(=O)(=O)N1CCN(Cn2nc(C3CC3)n(-c3ccccc3)c2=S)CC1. The van der Waals surface area contributed by atoms with Crippen LogP contribution in [0.3, 0.4) is 0 Å². The van der Waals surface area contributed by atoms with E-state index >= 15 is 0 Å². The van der Waals surface area contributed by atoms with Crippen molar-refractivity contribution >= 4 is 22.2 Å². The molecule has 0 spiro atoms. The van der Waals surface area contributed by atoms with Crippen LogP contribution in [0.5, 0.6) is 0 Å². The van der Waals surface area contributed by atoms with Crippen LogP contribution in [-0.2, 0) is 16.7 Å². The fraction of sp³-hybridized carbons (Fsp3) is 0.529. The van der Waals surface area contributed by atoms with Crippen molar-refractivity contribution < 1.29 is 8.42 Å². The lowest BCUT2D eigenvalue weighted by molar-refractivity contribution is 0.145. The molecular formula is C17H23N5O2S2. The fourth-order valence-corrected chi connectivity index (χ4v) is 4.46. The molecule has 2 aromatic rings. The summed E-state index contributed by atoms with van der Waals surface area (Å²) in [7, 11) is -3.11. The molecular weight excluding hydrogens is 370 g/mol. The lowest BCUT2D eigenvalue weighted by Gasteiger charge is -2.32. The molecule has 1 aromatic heterocycles. The predicted molar refractivity (Wildman–Crippen MR) is 102 cm³/mol. The van der Waals surface area contributed by atoms with Crippen LogP contribution in [0.1, 0.15) is 24.6 Å². The summed E-state index contributed by atoms with van der Waals surface area (Å²) >= 11 is 5.72. The summed E-state index contributed by atoms with van der Waals surface area (Å²) in [4.78, 5) is 2.20. The Morgan fingerprint density at radius 3 is 2.35 bits per heavy atom. The van der Waals surface area contributed by atoms with Crippen LogP contribution in [0.2, 0.25) is 0 Å². The second-order valence-corrected chi connectivity index (χ2v) is 9.35. The summed E-state index contributed by atoms with van der Waals surface area (Å²) in [6.07, 6.45) is 3.58. The maximum absolute atomic E-state index is 11.7. The molecule has 9 heteroatoms. The third-order valence-electron chi connectivity index (χ3n) is 4.96. The number of sulfonamides is 1. The van der Waals surface area contributed by atoms with E-state index in [1.807, 2.05) is 22.9 Å².